The van der Waals surface area contributed by atoms with Gasteiger partial charge in [-0.1, -0.05) is 24.3 Å². The molecule has 3 heterocycles. The summed E-state index contributed by atoms with van der Waals surface area (Å²) in [6.45, 7) is 1.45. The minimum atomic E-state index is -0.271. The molecule has 0 N–H and O–H groups in total. The highest BCUT2D eigenvalue weighted by atomic mass is 16.2. The van der Waals surface area contributed by atoms with E-state index in [0.29, 0.717) is 48.7 Å². The predicted molar refractivity (Wildman–Crippen MR) is 165 cm³/mol. The molecule has 10 heteroatoms. The lowest BCUT2D eigenvalue weighted by Crippen LogP contribution is -2.50. The van der Waals surface area contributed by atoms with Crippen molar-refractivity contribution in [2.24, 2.45) is 47.3 Å². The van der Waals surface area contributed by atoms with Gasteiger partial charge in [-0.3, -0.25) is 38.6 Å². The van der Waals surface area contributed by atoms with E-state index in [1.54, 1.807) is 58.3 Å². The van der Waals surface area contributed by atoms with Crippen LogP contribution in [0.4, 0.5) is 11.4 Å². The molecule has 8 unspecified atom stereocenters. The molecule has 3 saturated heterocycles. The Kier molecular flexibility index (Phi) is 5.86. The zero-order valence-corrected chi connectivity index (χ0v) is 25.0. The van der Waals surface area contributed by atoms with Gasteiger partial charge in [-0.25, -0.2) is 0 Å². The zero-order valence-electron chi connectivity index (χ0n) is 25.0. The molecule has 0 spiro atoms. The number of anilines is 2. The SMILES string of the molecule is O=C(c1ccc(N2C(=O)C3C4C=CC(C4)C3C2=O)cc1)N1CCN(C(=O)c2ccc(N3C(=O)C4C5C=CC(C5)C4C3=O)cc2)CC1. The second-order valence-electron chi connectivity index (χ2n) is 13.7. The fourth-order valence-electron chi connectivity index (χ4n) is 9.30. The average Bonchev–Trinajstić information content (AvgIpc) is 3.94. The number of rotatable bonds is 4. The van der Waals surface area contributed by atoms with E-state index in [-0.39, 0.29) is 82.8 Å². The van der Waals surface area contributed by atoms with Crippen molar-refractivity contribution in [2.45, 2.75) is 12.8 Å². The minimum absolute atomic E-state index is 0.140. The number of carbonyl (C=O) groups is 6. The van der Waals surface area contributed by atoms with Crippen LogP contribution in [0.1, 0.15) is 33.6 Å². The van der Waals surface area contributed by atoms with Gasteiger partial charge >= 0.3 is 0 Å². The van der Waals surface area contributed by atoms with Gasteiger partial charge in [0, 0.05) is 37.3 Å². The third-order valence-electron chi connectivity index (χ3n) is 11.5. The number of hydrogen-bond acceptors (Lipinski definition) is 6. The van der Waals surface area contributed by atoms with Crippen LogP contribution >= 0.6 is 0 Å². The number of allylic oxidation sites excluding steroid dienone is 4. The molecule has 4 aliphatic carbocycles. The minimum Gasteiger partial charge on any atom is -0.335 e. The summed E-state index contributed by atoms with van der Waals surface area (Å²) in [6.07, 6.45) is 10.0. The van der Waals surface area contributed by atoms with Crippen molar-refractivity contribution in [3.8, 4) is 0 Å². The lowest BCUT2D eigenvalue weighted by Gasteiger charge is -2.35. The van der Waals surface area contributed by atoms with Crippen LogP contribution < -0.4 is 9.80 Å². The quantitative estimate of drug-likeness (QED) is 0.386. The van der Waals surface area contributed by atoms with E-state index >= 15 is 0 Å². The van der Waals surface area contributed by atoms with Crippen LogP contribution in [0, 0.1) is 47.3 Å². The Hall–Kier alpha value is -4.86. The van der Waals surface area contributed by atoms with E-state index in [1.807, 2.05) is 0 Å². The molecule has 0 radical (unpaired) electrons. The molecule has 232 valence electrons. The van der Waals surface area contributed by atoms with Crippen molar-refractivity contribution in [3.63, 3.8) is 0 Å². The molecular formula is C36H32N4O6. The molecule has 10 nitrogen and oxygen atoms in total. The summed E-state index contributed by atoms with van der Waals surface area (Å²) in [7, 11) is 0. The van der Waals surface area contributed by atoms with Gasteiger partial charge in [-0.05, 0) is 85.0 Å². The van der Waals surface area contributed by atoms with Gasteiger partial charge in [0.15, 0.2) is 0 Å². The Labute approximate surface area is 265 Å². The van der Waals surface area contributed by atoms with Crippen LogP contribution in [0.3, 0.4) is 0 Å². The van der Waals surface area contributed by atoms with Gasteiger partial charge in [-0.15, -0.1) is 0 Å². The smallest absolute Gasteiger partial charge is 0.253 e. The summed E-state index contributed by atoms with van der Waals surface area (Å²) in [4.78, 5) is 85.1. The monoisotopic (exact) mass is 616 g/mol. The second-order valence-corrected chi connectivity index (χ2v) is 13.7. The molecule has 6 amide bonds. The third-order valence-corrected chi connectivity index (χ3v) is 11.5. The van der Waals surface area contributed by atoms with E-state index in [2.05, 4.69) is 24.3 Å². The Morgan fingerprint density at radius 3 is 1.02 bits per heavy atom. The number of amides is 6. The first kappa shape index (κ1) is 27.5. The Bertz CT molecular complexity index is 1600. The lowest BCUT2D eigenvalue weighted by atomic mass is 9.85. The topological polar surface area (TPSA) is 115 Å². The first-order valence-corrected chi connectivity index (χ1v) is 16.2. The molecule has 2 aromatic rings. The van der Waals surface area contributed by atoms with Gasteiger partial charge in [-0.2, -0.15) is 0 Å². The van der Waals surface area contributed by atoms with Crippen molar-refractivity contribution >= 4 is 46.8 Å². The van der Waals surface area contributed by atoms with Crippen molar-refractivity contribution in [1.29, 1.82) is 0 Å². The van der Waals surface area contributed by atoms with Crippen LogP contribution in [0.25, 0.3) is 0 Å². The van der Waals surface area contributed by atoms with Crippen LogP contribution in [-0.2, 0) is 19.2 Å². The number of fused-ring (bicyclic) bond motifs is 10. The number of piperazine rings is 1. The summed E-state index contributed by atoms with van der Waals surface area (Å²) in [5.41, 5.74) is 1.90. The number of benzene rings is 2. The average molecular weight is 617 g/mol. The van der Waals surface area contributed by atoms with Crippen LogP contribution in [0.2, 0.25) is 0 Å². The lowest BCUT2D eigenvalue weighted by molar-refractivity contribution is -0.124. The highest BCUT2D eigenvalue weighted by Gasteiger charge is 2.60. The van der Waals surface area contributed by atoms with Crippen molar-refractivity contribution in [2.75, 3.05) is 36.0 Å². The fourth-order valence-corrected chi connectivity index (χ4v) is 9.30. The van der Waals surface area contributed by atoms with E-state index in [0.717, 1.165) is 12.8 Å². The first-order valence-electron chi connectivity index (χ1n) is 16.2. The summed E-state index contributed by atoms with van der Waals surface area (Å²) >= 11 is 0. The molecular weight excluding hydrogens is 584 g/mol. The second kappa shape index (κ2) is 9.82. The summed E-state index contributed by atoms with van der Waals surface area (Å²) in [5.74, 6) is -1.46. The van der Waals surface area contributed by atoms with Gasteiger partial charge in [0.25, 0.3) is 11.8 Å². The normalized spacial score (nSPS) is 33.6. The van der Waals surface area contributed by atoms with Crippen molar-refractivity contribution in [3.05, 3.63) is 84.0 Å². The van der Waals surface area contributed by atoms with E-state index < -0.39 is 0 Å². The predicted octanol–water partition coefficient (Wildman–Crippen LogP) is 2.91. The molecule has 4 bridgehead atoms. The van der Waals surface area contributed by atoms with Crippen LogP contribution in [0.5, 0.6) is 0 Å². The third kappa shape index (κ3) is 3.75. The number of nitrogens with zero attached hydrogens (tertiary/aromatic N) is 4. The molecule has 2 saturated carbocycles. The number of carbonyl (C=O) groups excluding carboxylic acids is 6. The fraction of sp³-hybridized carbons (Fsp3) is 0.389. The summed E-state index contributed by atoms with van der Waals surface area (Å²) in [6, 6.07) is 13.3. The Morgan fingerprint density at radius 1 is 0.457 bits per heavy atom. The van der Waals surface area contributed by atoms with Crippen LogP contribution in [-0.4, -0.2) is 71.4 Å². The van der Waals surface area contributed by atoms with Crippen molar-refractivity contribution < 1.29 is 28.8 Å². The molecule has 3 aliphatic heterocycles. The standard InChI is InChI=1S/C36H32N4O6/c41-31(19-5-9-25(10-6-19)39-33(43)27-21-1-2-22(17-21)28(27)34(39)44)37-13-15-38(16-14-37)32(42)20-7-11-26(12-8-20)40-35(45)29-23-3-4-24(18-23)30(29)36(40)46/h1-12,21-24,27-30H,13-18H2. The van der Waals surface area contributed by atoms with E-state index in [4.69, 9.17) is 0 Å². The van der Waals surface area contributed by atoms with Crippen LogP contribution in [0.15, 0.2) is 72.8 Å². The van der Waals surface area contributed by atoms with Gasteiger partial charge in [0.2, 0.25) is 23.6 Å². The largest absolute Gasteiger partial charge is 0.335 e. The van der Waals surface area contributed by atoms with Crippen molar-refractivity contribution in [1.82, 2.24) is 9.80 Å². The maximum absolute atomic E-state index is 13.3. The van der Waals surface area contributed by atoms with E-state index in [1.165, 1.54) is 9.80 Å². The van der Waals surface area contributed by atoms with E-state index in [9.17, 15) is 28.8 Å². The molecule has 5 fully saturated rings. The first-order chi connectivity index (χ1) is 22.3. The maximum atomic E-state index is 13.3. The van der Waals surface area contributed by atoms with Gasteiger partial charge in [0.05, 0.1) is 35.0 Å². The summed E-state index contributed by atoms with van der Waals surface area (Å²) < 4.78 is 0. The van der Waals surface area contributed by atoms with Gasteiger partial charge < -0.3 is 9.80 Å². The number of imide groups is 2. The molecule has 46 heavy (non-hydrogen) atoms. The highest BCUT2D eigenvalue weighted by Crippen LogP contribution is 2.54. The Balaban J connectivity index is 0.818. The van der Waals surface area contributed by atoms with Gasteiger partial charge in [0.1, 0.15) is 0 Å². The molecule has 9 rings (SSSR count). The molecule has 0 aromatic heterocycles. The molecule has 7 aliphatic rings. The number of hydrogen-bond donors (Lipinski definition) is 0. The Morgan fingerprint density at radius 2 is 0.739 bits per heavy atom. The summed E-state index contributed by atoms with van der Waals surface area (Å²) in [5, 5.41) is 0. The highest BCUT2D eigenvalue weighted by molar-refractivity contribution is 6.23. The maximum Gasteiger partial charge on any atom is 0.253 e. The molecule has 8 atom stereocenters. The zero-order chi connectivity index (χ0) is 31.4. The molecule has 2 aromatic carbocycles.